The Hall–Kier alpha value is -3.23. The molecule has 4 fully saturated rings. The van der Waals surface area contributed by atoms with Gasteiger partial charge in [-0.3, -0.25) is 9.59 Å². The first kappa shape index (κ1) is 28.9. The third-order valence-corrected chi connectivity index (χ3v) is 11.5. The van der Waals surface area contributed by atoms with E-state index in [1.165, 1.54) is 13.8 Å². The van der Waals surface area contributed by atoms with Crippen LogP contribution in [0.2, 0.25) is 0 Å². The number of benzene rings is 1. The second kappa shape index (κ2) is 11.1. The number of carbonyl (C=O) groups excluding carboxylic acids is 3. The maximum absolute atomic E-state index is 12.5. The molecular formula is C33H43N3O6. The van der Waals surface area contributed by atoms with Crippen LogP contribution < -0.4 is 0 Å². The lowest BCUT2D eigenvalue weighted by Crippen LogP contribution is -2.58. The minimum atomic E-state index is -0.395. The van der Waals surface area contributed by atoms with Crippen molar-refractivity contribution in [2.45, 2.75) is 104 Å². The lowest BCUT2D eigenvalue weighted by molar-refractivity contribution is -0.178. The van der Waals surface area contributed by atoms with Crippen LogP contribution in [-0.2, 0) is 30.4 Å². The SMILES string of the molecule is CC(=O)O[C@H]1C[C@@H]2CC[C@H]3[C@@H]4CC[C@H](OC(C)=O)[C@@]4(C)CC[C@@H]3[C@@]2(C)[C@@H](n2cc(COC(=O)c3ccccc3)nn2)C1. The number of aromatic nitrogens is 3. The summed E-state index contributed by atoms with van der Waals surface area (Å²) in [5.41, 5.74) is 1.05. The molecule has 6 rings (SSSR count). The average molecular weight is 578 g/mol. The van der Waals surface area contributed by atoms with Gasteiger partial charge in [-0.1, -0.05) is 37.3 Å². The molecule has 42 heavy (non-hydrogen) atoms. The van der Waals surface area contributed by atoms with Gasteiger partial charge in [0, 0.05) is 25.7 Å². The summed E-state index contributed by atoms with van der Waals surface area (Å²) in [6, 6.07) is 8.92. The Balaban J connectivity index is 1.26. The van der Waals surface area contributed by atoms with E-state index in [-0.39, 0.29) is 47.6 Å². The van der Waals surface area contributed by atoms with Gasteiger partial charge in [-0.05, 0) is 86.2 Å². The first-order chi connectivity index (χ1) is 20.1. The lowest BCUT2D eigenvalue weighted by Gasteiger charge is -2.62. The van der Waals surface area contributed by atoms with Gasteiger partial charge in [-0.25, -0.2) is 9.48 Å². The summed E-state index contributed by atoms with van der Waals surface area (Å²) in [5.74, 6) is 1.12. The lowest BCUT2D eigenvalue weighted by atomic mass is 9.44. The van der Waals surface area contributed by atoms with Crippen molar-refractivity contribution in [2.24, 2.45) is 34.5 Å². The first-order valence-electron chi connectivity index (χ1n) is 15.6. The van der Waals surface area contributed by atoms with Gasteiger partial charge in [-0.2, -0.15) is 0 Å². The zero-order chi connectivity index (χ0) is 29.6. The van der Waals surface area contributed by atoms with E-state index >= 15 is 0 Å². The number of ether oxygens (including phenoxy) is 3. The molecule has 9 heteroatoms. The molecule has 9 nitrogen and oxygen atoms in total. The Morgan fingerprint density at radius 2 is 1.69 bits per heavy atom. The second-order valence-electron chi connectivity index (χ2n) is 13.6. The van der Waals surface area contributed by atoms with Crippen molar-refractivity contribution >= 4 is 17.9 Å². The largest absolute Gasteiger partial charge is 0.462 e. The monoisotopic (exact) mass is 577 g/mol. The molecule has 0 saturated heterocycles. The molecule has 4 aliphatic carbocycles. The van der Waals surface area contributed by atoms with Crippen LogP contribution >= 0.6 is 0 Å². The van der Waals surface area contributed by atoms with Gasteiger partial charge in [-0.15, -0.1) is 5.10 Å². The average Bonchev–Trinajstić information content (AvgIpc) is 3.56. The van der Waals surface area contributed by atoms with Crippen molar-refractivity contribution < 1.29 is 28.6 Å². The zero-order valence-corrected chi connectivity index (χ0v) is 25.2. The number of hydrogen-bond donors (Lipinski definition) is 0. The van der Waals surface area contributed by atoms with Crippen molar-refractivity contribution in [3.63, 3.8) is 0 Å². The number of carbonyl (C=O) groups is 3. The normalized spacial score (nSPS) is 37.1. The molecule has 0 aliphatic heterocycles. The predicted octanol–water partition coefficient (Wildman–Crippen LogP) is 5.69. The number of esters is 3. The van der Waals surface area contributed by atoms with Gasteiger partial charge in [0.25, 0.3) is 0 Å². The summed E-state index contributed by atoms with van der Waals surface area (Å²) >= 11 is 0. The molecule has 4 saturated carbocycles. The Bertz CT molecular complexity index is 1330. The molecule has 1 aromatic carbocycles. The van der Waals surface area contributed by atoms with E-state index in [4.69, 9.17) is 14.2 Å². The maximum atomic E-state index is 12.5. The summed E-state index contributed by atoms with van der Waals surface area (Å²) in [6.07, 6.45) is 9.66. The van der Waals surface area contributed by atoms with Crippen LogP contribution in [-0.4, -0.2) is 45.1 Å². The van der Waals surface area contributed by atoms with Crippen LogP contribution in [0.3, 0.4) is 0 Å². The van der Waals surface area contributed by atoms with Gasteiger partial charge in [0.1, 0.15) is 24.5 Å². The van der Waals surface area contributed by atoms with Gasteiger partial charge in [0.05, 0.1) is 17.8 Å². The van der Waals surface area contributed by atoms with Crippen molar-refractivity contribution in [1.82, 2.24) is 15.0 Å². The van der Waals surface area contributed by atoms with Gasteiger partial charge in [0.2, 0.25) is 0 Å². The molecule has 0 N–H and O–H groups in total. The molecule has 2 aromatic rings. The van der Waals surface area contributed by atoms with Crippen LogP contribution in [0.5, 0.6) is 0 Å². The van der Waals surface area contributed by atoms with E-state index in [9.17, 15) is 14.4 Å². The topological polar surface area (TPSA) is 110 Å². The fourth-order valence-electron chi connectivity index (χ4n) is 9.68. The van der Waals surface area contributed by atoms with E-state index in [0.717, 1.165) is 44.9 Å². The molecule has 1 heterocycles. The maximum Gasteiger partial charge on any atom is 0.338 e. The predicted molar refractivity (Wildman–Crippen MR) is 153 cm³/mol. The van der Waals surface area contributed by atoms with E-state index < -0.39 is 5.97 Å². The molecule has 0 amide bonds. The molecular weight excluding hydrogens is 534 g/mol. The van der Waals surface area contributed by atoms with Crippen LogP contribution in [0.15, 0.2) is 36.5 Å². The van der Waals surface area contributed by atoms with Crippen molar-refractivity contribution in [2.75, 3.05) is 0 Å². The van der Waals surface area contributed by atoms with Crippen molar-refractivity contribution in [3.8, 4) is 0 Å². The van der Waals surface area contributed by atoms with Crippen molar-refractivity contribution in [3.05, 3.63) is 47.8 Å². The third-order valence-electron chi connectivity index (χ3n) is 11.5. The third kappa shape index (κ3) is 5.02. The molecule has 4 aliphatic rings. The highest BCUT2D eigenvalue weighted by Crippen LogP contribution is 2.68. The molecule has 9 atom stereocenters. The van der Waals surface area contributed by atoms with Gasteiger partial charge in [0.15, 0.2) is 0 Å². The molecule has 1 aromatic heterocycles. The summed E-state index contributed by atoms with van der Waals surface area (Å²) in [7, 11) is 0. The molecule has 226 valence electrons. The number of nitrogens with zero attached hydrogens (tertiary/aromatic N) is 3. The molecule has 0 spiro atoms. The van der Waals surface area contributed by atoms with Crippen LogP contribution in [0.1, 0.15) is 101 Å². The summed E-state index contributed by atoms with van der Waals surface area (Å²) in [6.45, 7) is 7.82. The Morgan fingerprint density at radius 3 is 2.43 bits per heavy atom. The molecule has 0 unspecified atom stereocenters. The smallest absolute Gasteiger partial charge is 0.338 e. The number of rotatable bonds is 6. The quantitative estimate of drug-likeness (QED) is 0.318. The first-order valence-corrected chi connectivity index (χ1v) is 15.6. The van der Waals surface area contributed by atoms with E-state index in [1.54, 1.807) is 24.3 Å². The highest BCUT2D eigenvalue weighted by Gasteiger charge is 2.63. The zero-order valence-electron chi connectivity index (χ0n) is 25.2. The van der Waals surface area contributed by atoms with Crippen LogP contribution in [0.25, 0.3) is 0 Å². The fraction of sp³-hybridized carbons (Fsp3) is 0.667. The second-order valence-corrected chi connectivity index (χ2v) is 13.6. The number of fused-ring (bicyclic) bond motifs is 5. The van der Waals surface area contributed by atoms with E-state index in [0.29, 0.717) is 41.3 Å². The molecule has 0 radical (unpaired) electrons. The highest BCUT2D eigenvalue weighted by molar-refractivity contribution is 5.89. The van der Waals surface area contributed by atoms with Crippen LogP contribution in [0, 0.1) is 34.5 Å². The van der Waals surface area contributed by atoms with Crippen LogP contribution in [0.4, 0.5) is 0 Å². The summed E-state index contributed by atoms with van der Waals surface area (Å²) in [5, 5.41) is 8.98. The van der Waals surface area contributed by atoms with Gasteiger partial charge >= 0.3 is 17.9 Å². The Morgan fingerprint density at radius 1 is 0.929 bits per heavy atom. The summed E-state index contributed by atoms with van der Waals surface area (Å²) < 4.78 is 19.2. The fourth-order valence-corrected chi connectivity index (χ4v) is 9.68. The minimum Gasteiger partial charge on any atom is -0.462 e. The summed E-state index contributed by atoms with van der Waals surface area (Å²) in [4.78, 5) is 36.4. The van der Waals surface area contributed by atoms with E-state index in [2.05, 4.69) is 24.2 Å². The van der Waals surface area contributed by atoms with Gasteiger partial charge < -0.3 is 14.2 Å². The molecule has 0 bridgehead atoms. The standard InChI is InChI=1S/C33H43N3O6/c1-20(37)41-25-16-23-10-11-26-27-12-13-30(42-21(2)38)32(27,3)15-14-28(26)33(23,4)29(17-25)36-18-24(34-35-36)19-40-31(39)22-8-6-5-7-9-22/h5-9,18,23,25-30H,10-17,19H2,1-4H3/t23-,25-,26-,27-,28-,29-,30-,32-,33-/m0/s1. The van der Waals surface area contributed by atoms with E-state index in [1.807, 2.05) is 16.9 Å². The highest BCUT2D eigenvalue weighted by atomic mass is 16.5. The Kier molecular flexibility index (Phi) is 7.64. The van der Waals surface area contributed by atoms with Crippen molar-refractivity contribution in [1.29, 1.82) is 0 Å². The number of hydrogen-bond acceptors (Lipinski definition) is 8. The minimum absolute atomic E-state index is 0.00144. The Labute approximate surface area is 247 Å².